The first-order valence-electron chi connectivity index (χ1n) is 19.3. The summed E-state index contributed by atoms with van der Waals surface area (Å²) in [4.78, 5) is 0. The standard InChI is InChI=1S/C54H34N2/c1-2-15-39(16-3-1)55-51-23-10-8-21-46(51)49-32-37(25-29-53(49)55)35-13-12-14-36(31-35)38-26-30-54-50(33-38)47-22-9-11-24-52(47)56(54)40-27-28-45-43-19-5-4-17-41(43)42-18-6-7-20-44(42)48(45)34-40/h1-34H. The Hall–Kier alpha value is -7.42. The minimum atomic E-state index is 1.17. The molecule has 56 heavy (non-hydrogen) atoms. The summed E-state index contributed by atoms with van der Waals surface area (Å²) in [5.74, 6) is 0. The molecule has 0 aliphatic rings. The molecule has 0 spiro atoms. The fraction of sp³-hybridized carbons (Fsp3) is 0. The molecule has 12 rings (SSSR count). The van der Waals surface area contributed by atoms with Gasteiger partial charge in [0.05, 0.1) is 22.1 Å². The predicted molar refractivity (Wildman–Crippen MR) is 239 cm³/mol. The van der Waals surface area contributed by atoms with E-state index in [1.54, 1.807) is 0 Å². The first-order chi connectivity index (χ1) is 27.8. The van der Waals surface area contributed by atoms with E-state index in [1.807, 2.05) is 0 Å². The lowest BCUT2D eigenvalue weighted by Gasteiger charge is -2.14. The molecule has 260 valence electrons. The maximum absolute atomic E-state index is 2.44. The molecule has 0 atom stereocenters. The van der Waals surface area contributed by atoms with E-state index in [1.165, 1.54) is 110 Å². The highest BCUT2D eigenvalue weighted by molar-refractivity contribution is 6.25. The van der Waals surface area contributed by atoms with Crippen LogP contribution in [0.5, 0.6) is 0 Å². The molecule has 0 radical (unpaired) electrons. The number of hydrogen-bond donors (Lipinski definition) is 0. The molecule has 2 nitrogen and oxygen atoms in total. The molecule has 0 saturated carbocycles. The van der Waals surface area contributed by atoms with Crippen molar-refractivity contribution < 1.29 is 0 Å². The molecule has 0 bridgehead atoms. The third kappa shape index (κ3) is 4.57. The summed E-state index contributed by atoms with van der Waals surface area (Å²) in [6.45, 7) is 0. The molecule has 0 aliphatic heterocycles. The van der Waals surface area contributed by atoms with Crippen molar-refractivity contribution in [2.24, 2.45) is 0 Å². The van der Waals surface area contributed by atoms with E-state index in [2.05, 4.69) is 215 Å². The maximum Gasteiger partial charge on any atom is 0.0541 e. The van der Waals surface area contributed by atoms with Crippen LogP contribution in [0.4, 0.5) is 0 Å². The summed E-state index contributed by atoms with van der Waals surface area (Å²) in [5.41, 5.74) is 12.0. The quantitative estimate of drug-likeness (QED) is 0.161. The van der Waals surface area contributed by atoms with Crippen molar-refractivity contribution in [1.82, 2.24) is 9.13 Å². The minimum absolute atomic E-state index is 1.17. The van der Waals surface area contributed by atoms with Crippen molar-refractivity contribution in [3.63, 3.8) is 0 Å². The van der Waals surface area contributed by atoms with E-state index in [-0.39, 0.29) is 0 Å². The van der Waals surface area contributed by atoms with E-state index in [9.17, 15) is 0 Å². The summed E-state index contributed by atoms with van der Waals surface area (Å²) in [6, 6.07) is 75.7. The molecule has 0 amide bonds. The summed E-state index contributed by atoms with van der Waals surface area (Å²) in [5, 5.41) is 12.8. The second-order valence-corrected chi connectivity index (χ2v) is 14.9. The highest BCUT2D eigenvalue weighted by Crippen LogP contribution is 2.40. The van der Waals surface area contributed by atoms with E-state index >= 15 is 0 Å². The average molecular weight is 711 g/mol. The van der Waals surface area contributed by atoms with Gasteiger partial charge < -0.3 is 9.13 Å². The highest BCUT2D eigenvalue weighted by atomic mass is 15.0. The summed E-state index contributed by atoms with van der Waals surface area (Å²) >= 11 is 0. The first kappa shape index (κ1) is 31.0. The Kier molecular flexibility index (Phi) is 6.66. The van der Waals surface area contributed by atoms with Crippen LogP contribution >= 0.6 is 0 Å². The van der Waals surface area contributed by atoms with Gasteiger partial charge in [0.1, 0.15) is 0 Å². The molecular weight excluding hydrogens is 677 g/mol. The van der Waals surface area contributed by atoms with Crippen molar-refractivity contribution in [2.45, 2.75) is 0 Å². The molecule has 10 aromatic carbocycles. The molecule has 2 aromatic heterocycles. The second-order valence-electron chi connectivity index (χ2n) is 14.9. The van der Waals surface area contributed by atoms with Gasteiger partial charge in [-0.3, -0.25) is 0 Å². The van der Waals surface area contributed by atoms with Gasteiger partial charge >= 0.3 is 0 Å². The van der Waals surface area contributed by atoms with Crippen molar-refractivity contribution in [3.8, 4) is 33.6 Å². The Bertz CT molecular complexity index is 3490. The van der Waals surface area contributed by atoms with Gasteiger partial charge in [-0.1, -0.05) is 140 Å². The molecule has 0 unspecified atom stereocenters. The molecule has 2 heteroatoms. The van der Waals surface area contributed by atoms with E-state index in [0.29, 0.717) is 0 Å². The van der Waals surface area contributed by atoms with Gasteiger partial charge in [-0.2, -0.15) is 0 Å². The number of nitrogens with zero attached hydrogens (tertiary/aromatic N) is 2. The van der Waals surface area contributed by atoms with Gasteiger partial charge in [0.25, 0.3) is 0 Å². The lowest BCUT2D eigenvalue weighted by molar-refractivity contribution is 1.18. The fourth-order valence-electron chi connectivity index (χ4n) is 9.35. The van der Waals surface area contributed by atoms with Crippen LogP contribution in [0, 0.1) is 0 Å². The number of benzene rings is 10. The van der Waals surface area contributed by atoms with Gasteiger partial charge in [-0.25, -0.2) is 0 Å². The molecule has 0 saturated heterocycles. The SMILES string of the molecule is c1ccc(-n2c3ccccc3c3cc(-c4cccc(-c5ccc6c(c5)c5ccccc5n6-c5ccc6c7ccccc7c7ccccc7c6c5)c4)ccc32)cc1. The largest absolute Gasteiger partial charge is 0.309 e. The predicted octanol–water partition coefficient (Wildman–Crippen LogP) is 14.7. The molecule has 0 fully saturated rings. The summed E-state index contributed by atoms with van der Waals surface area (Å²) < 4.78 is 4.81. The Labute approximate surface area is 323 Å². The van der Waals surface area contributed by atoms with Crippen LogP contribution in [-0.4, -0.2) is 9.13 Å². The first-order valence-corrected chi connectivity index (χ1v) is 19.3. The summed E-state index contributed by atoms with van der Waals surface area (Å²) in [6.07, 6.45) is 0. The fourth-order valence-corrected chi connectivity index (χ4v) is 9.35. The van der Waals surface area contributed by atoms with Gasteiger partial charge in [-0.05, 0) is 121 Å². The van der Waals surface area contributed by atoms with Gasteiger partial charge in [0.2, 0.25) is 0 Å². The van der Waals surface area contributed by atoms with Crippen LogP contribution in [0.15, 0.2) is 206 Å². The molecule has 2 heterocycles. The van der Waals surface area contributed by atoms with Crippen molar-refractivity contribution in [2.75, 3.05) is 0 Å². The van der Waals surface area contributed by atoms with Crippen LogP contribution in [0.2, 0.25) is 0 Å². The lowest BCUT2D eigenvalue weighted by atomic mass is 9.94. The number of rotatable bonds is 4. The number of fused-ring (bicyclic) bond motifs is 12. The zero-order valence-electron chi connectivity index (χ0n) is 30.5. The van der Waals surface area contributed by atoms with Crippen LogP contribution in [0.25, 0.3) is 110 Å². The minimum Gasteiger partial charge on any atom is -0.309 e. The zero-order valence-corrected chi connectivity index (χ0v) is 30.5. The molecule has 0 aliphatic carbocycles. The van der Waals surface area contributed by atoms with Crippen LogP contribution in [0.1, 0.15) is 0 Å². The van der Waals surface area contributed by atoms with E-state index < -0.39 is 0 Å². The molecule has 12 aromatic rings. The molecule has 0 N–H and O–H groups in total. The van der Waals surface area contributed by atoms with Crippen molar-refractivity contribution in [1.29, 1.82) is 0 Å². The average Bonchev–Trinajstić information content (AvgIpc) is 3.79. The molecular formula is C54H34N2. The van der Waals surface area contributed by atoms with Crippen LogP contribution in [-0.2, 0) is 0 Å². The number of para-hydroxylation sites is 3. The third-order valence-electron chi connectivity index (χ3n) is 11.9. The van der Waals surface area contributed by atoms with Gasteiger partial charge in [0, 0.05) is 32.9 Å². The monoisotopic (exact) mass is 710 g/mol. The van der Waals surface area contributed by atoms with Crippen molar-refractivity contribution >= 4 is 75.9 Å². The lowest BCUT2D eigenvalue weighted by Crippen LogP contribution is -1.94. The maximum atomic E-state index is 2.44. The Morgan fingerprint density at radius 2 is 0.607 bits per heavy atom. The topological polar surface area (TPSA) is 9.86 Å². The smallest absolute Gasteiger partial charge is 0.0541 e. The number of aromatic nitrogens is 2. The highest BCUT2D eigenvalue weighted by Gasteiger charge is 2.17. The summed E-state index contributed by atoms with van der Waals surface area (Å²) in [7, 11) is 0. The van der Waals surface area contributed by atoms with Gasteiger partial charge in [-0.15, -0.1) is 0 Å². The van der Waals surface area contributed by atoms with E-state index in [4.69, 9.17) is 0 Å². The van der Waals surface area contributed by atoms with Gasteiger partial charge in [0.15, 0.2) is 0 Å². The Morgan fingerprint density at radius 1 is 0.196 bits per heavy atom. The second kappa shape index (κ2) is 12.0. The van der Waals surface area contributed by atoms with Crippen molar-refractivity contribution in [3.05, 3.63) is 206 Å². The number of hydrogen-bond acceptors (Lipinski definition) is 0. The normalized spacial score (nSPS) is 11.9. The zero-order chi connectivity index (χ0) is 36.7. The van der Waals surface area contributed by atoms with E-state index in [0.717, 1.165) is 0 Å². The Morgan fingerprint density at radius 3 is 1.16 bits per heavy atom. The third-order valence-corrected chi connectivity index (χ3v) is 11.9. The van der Waals surface area contributed by atoms with Crippen LogP contribution < -0.4 is 0 Å². The Balaban J connectivity index is 0.994. The van der Waals surface area contributed by atoms with Crippen LogP contribution in [0.3, 0.4) is 0 Å².